The van der Waals surface area contributed by atoms with E-state index in [1.54, 1.807) is 56.3 Å². The lowest BCUT2D eigenvalue weighted by atomic mass is 9.96. The summed E-state index contributed by atoms with van der Waals surface area (Å²) in [7, 11) is 1.48. The largest absolute Gasteiger partial charge is 0.493 e. The fourth-order valence-corrected chi connectivity index (χ4v) is 5.97. The van der Waals surface area contributed by atoms with Crippen molar-refractivity contribution in [1.29, 1.82) is 0 Å². The molecule has 3 aromatic carbocycles. The van der Waals surface area contributed by atoms with E-state index < -0.39 is 18.0 Å². The van der Waals surface area contributed by atoms with Crippen LogP contribution in [0, 0.1) is 0 Å². The summed E-state index contributed by atoms with van der Waals surface area (Å²) in [5, 5.41) is 0. The second-order valence-electron chi connectivity index (χ2n) is 9.02. The van der Waals surface area contributed by atoms with Gasteiger partial charge in [0.2, 0.25) is 0 Å². The smallest absolute Gasteiger partial charge is 0.343 e. The summed E-state index contributed by atoms with van der Waals surface area (Å²) >= 11 is 4.58. The van der Waals surface area contributed by atoms with Gasteiger partial charge in [0.25, 0.3) is 5.56 Å². The van der Waals surface area contributed by atoms with Gasteiger partial charge in [0.1, 0.15) is 0 Å². The molecule has 0 N–H and O–H groups in total. The van der Waals surface area contributed by atoms with Gasteiger partial charge in [-0.25, -0.2) is 14.6 Å². The highest BCUT2D eigenvalue weighted by atomic mass is 79.9. The Kier molecular flexibility index (Phi) is 8.32. The van der Waals surface area contributed by atoms with Crippen molar-refractivity contribution in [1.82, 2.24) is 4.57 Å². The molecule has 1 aliphatic rings. The lowest BCUT2D eigenvalue weighted by Gasteiger charge is -2.24. The van der Waals surface area contributed by atoms with Gasteiger partial charge < -0.3 is 14.2 Å². The Morgan fingerprint density at radius 3 is 2.51 bits per heavy atom. The summed E-state index contributed by atoms with van der Waals surface area (Å²) in [4.78, 5) is 44.5. The highest BCUT2D eigenvalue weighted by molar-refractivity contribution is 9.10. The Balaban J connectivity index is 1.55. The third kappa shape index (κ3) is 5.79. The van der Waals surface area contributed by atoms with Crippen molar-refractivity contribution >= 4 is 45.3 Å². The maximum atomic E-state index is 13.8. The lowest BCUT2D eigenvalue weighted by Crippen LogP contribution is -2.39. The van der Waals surface area contributed by atoms with Crippen molar-refractivity contribution in [2.45, 2.75) is 19.9 Å². The standard InChI is InChI=1S/C31H25BrN2O6S/c1-4-39-30(37)26-18(2)33-31-34(27(26)20-9-6-5-7-10-20)28(35)25(41-31)16-19-13-14-23(24(15-19)38-3)40-29(36)21-11-8-12-22(32)17-21/h5-17,27H,4H2,1-3H3/b25-16-. The number of aromatic nitrogens is 1. The Bertz CT molecular complexity index is 1860. The van der Waals surface area contributed by atoms with Gasteiger partial charge in [-0.2, -0.15) is 0 Å². The van der Waals surface area contributed by atoms with E-state index in [1.807, 2.05) is 36.4 Å². The monoisotopic (exact) mass is 632 g/mol. The molecule has 5 rings (SSSR count). The number of halogens is 1. The number of nitrogens with zero attached hydrogens (tertiary/aromatic N) is 2. The minimum Gasteiger partial charge on any atom is -0.493 e. The Morgan fingerprint density at radius 2 is 1.80 bits per heavy atom. The summed E-state index contributed by atoms with van der Waals surface area (Å²) in [5.41, 5.74) is 2.36. The van der Waals surface area contributed by atoms with E-state index in [4.69, 9.17) is 14.2 Å². The minimum atomic E-state index is -0.678. The third-order valence-electron chi connectivity index (χ3n) is 6.38. The number of esters is 2. The average Bonchev–Trinajstić information content (AvgIpc) is 3.27. The molecule has 4 aromatic rings. The van der Waals surface area contributed by atoms with Crippen molar-refractivity contribution in [3.8, 4) is 11.5 Å². The Morgan fingerprint density at radius 1 is 1.02 bits per heavy atom. The summed E-state index contributed by atoms with van der Waals surface area (Å²) in [6.07, 6.45) is 1.72. The molecule has 0 saturated carbocycles. The van der Waals surface area contributed by atoms with Crippen molar-refractivity contribution < 1.29 is 23.8 Å². The van der Waals surface area contributed by atoms with Crippen molar-refractivity contribution in [2.75, 3.05) is 13.7 Å². The number of hydrogen-bond donors (Lipinski definition) is 0. The fourth-order valence-electron chi connectivity index (χ4n) is 4.53. The molecule has 1 unspecified atom stereocenters. The fraction of sp³-hybridized carbons (Fsp3) is 0.161. The normalized spacial score (nSPS) is 14.7. The quantitative estimate of drug-likeness (QED) is 0.215. The molecule has 10 heteroatoms. The van der Waals surface area contributed by atoms with Crippen LogP contribution in [0.15, 0.2) is 98.3 Å². The first-order valence-electron chi connectivity index (χ1n) is 12.7. The maximum Gasteiger partial charge on any atom is 0.343 e. The Hall–Kier alpha value is -4.28. The van der Waals surface area contributed by atoms with Crippen LogP contribution in [0.2, 0.25) is 0 Å². The zero-order valence-corrected chi connectivity index (χ0v) is 24.8. The maximum absolute atomic E-state index is 13.8. The topological polar surface area (TPSA) is 96.2 Å². The number of hydrogen-bond acceptors (Lipinski definition) is 8. The number of carbonyl (C=O) groups is 2. The molecule has 208 valence electrons. The van der Waals surface area contributed by atoms with E-state index in [1.165, 1.54) is 23.0 Å². The number of rotatable bonds is 7. The van der Waals surface area contributed by atoms with Gasteiger partial charge in [-0.15, -0.1) is 0 Å². The number of carbonyl (C=O) groups excluding carboxylic acids is 2. The van der Waals surface area contributed by atoms with Crippen LogP contribution in [0.4, 0.5) is 0 Å². The molecule has 0 saturated heterocycles. The molecule has 0 fully saturated rings. The molecule has 0 radical (unpaired) electrons. The van der Waals surface area contributed by atoms with Crippen LogP contribution < -0.4 is 24.4 Å². The molecule has 0 spiro atoms. The van der Waals surface area contributed by atoms with Crippen molar-refractivity contribution in [3.05, 3.63) is 125 Å². The number of thiazole rings is 1. The summed E-state index contributed by atoms with van der Waals surface area (Å²) in [6.45, 7) is 3.69. The molecule has 1 atom stereocenters. The van der Waals surface area contributed by atoms with Crippen LogP contribution in [0.5, 0.6) is 11.5 Å². The van der Waals surface area contributed by atoms with Crippen LogP contribution in [-0.2, 0) is 9.53 Å². The molecule has 8 nitrogen and oxygen atoms in total. The van der Waals surface area contributed by atoms with Gasteiger partial charge in [-0.3, -0.25) is 9.36 Å². The Labute approximate surface area is 248 Å². The third-order valence-corrected chi connectivity index (χ3v) is 7.86. The predicted octanol–water partition coefficient (Wildman–Crippen LogP) is 4.79. The first-order chi connectivity index (χ1) is 19.8. The van der Waals surface area contributed by atoms with E-state index in [0.29, 0.717) is 37.5 Å². The molecular weight excluding hydrogens is 608 g/mol. The van der Waals surface area contributed by atoms with E-state index in [0.717, 1.165) is 10.0 Å². The summed E-state index contributed by atoms with van der Waals surface area (Å²) < 4.78 is 19.1. The SMILES string of the molecule is CCOC(=O)C1=C(C)N=c2s/c(=C\c3ccc(OC(=O)c4cccc(Br)c4)c(OC)c3)c(=O)n2C1c1ccccc1. The van der Waals surface area contributed by atoms with Crippen molar-refractivity contribution in [3.63, 3.8) is 0 Å². The second-order valence-corrected chi connectivity index (χ2v) is 10.9. The van der Waals surface area contributed by atoms with Gasteiger partial charge >= 0.3 is 11.9 Å². The van der Waals surface area contributed by atoms with Gasteiger partial charge in [0.15, 0.2) is 16.3 Å². The molecule has 1 aromatic heterocycles. The lowest BCUT2D eigenvalue weighted by molar-refractivity contribution is -0.139. The highest BCUT2D eigenvalue weighted by Crippen LogP contribution is 2.31. The second kappa shape index (κ2) is 12.1. The molecular formula is C31H25BrN2O6S. The van der Waals surface area contributed by atoms with Crippen LogP contribution in [0.3, 0.4) is 0 Å². The number of fused-ring (bicyclic) bond motifs is 1. The zero-order chi connectivity index (χ0) is 29.1. The van der Waals surface area contributed by atoms with Gasteiger partial charge in [0.05, 0.1) is 41.1 Å². The summed E-state index contributed by atoms with van der Waals surface area (Å²) in [6, 6.07) is 20.6. The number of allylic oxidation sites excluding steroid dienone is 1. The van der Waals surface area contributed by atoms with E-state index in [9.17, 15) is 14.4 Å². The molecule has 0 bridgehead atoms. The molecule has 2 heterocycles. The van der Waals surface area contributed by atoms with Gasteiger partial charge in [0, 0.05) is 4.47 Å². The van der Waals surface area contributed by atoms with Crippen LogP contribution in [-0.4, -0.2) is 30.2 Å². The number of benzene rings is 3. The van der Waals surface area contributed by atoms with E-state index in [2.05, 4.69) is 20.9 Å². The van der Waals surface area contributed by atoms with Crippen LogP contribution in [0.25, 0.3) is 6.08 Å². The highest BCUT2D eigenvalue weighted by Gasteiger charge is 2.33. The van der Waals surface area contributed by atoms with Crippen LogP contribution in [0.1, 0.15) is 41.4 Å². The average molecular weight is 634 g/mol. The molecule has 0 aliphatic carbocycles. The van der Waals surface area contributed by atoms with Gasteiger partial charge in [-0.1, -0.05) is 69.7 Å². The minimum absolute atomic E-state index is 0.206. The number of ether oxygens (including phenoxy) is 3. The molecule has 41 heavy (non-hydrogen) atoms. The first-order valence-corrected chi connectivity index (χ1v) is 14.3. The zero-order valence-electron chi connectivity index (χ0n) is 22.4. The van der Waals surface area contributed by atoms with Crippen molar-refractivity contribution in [2.24, 2.45) is 4.99 Å². The predicted molar refractivity (Wildman–Crippen MR) is 159 cm³/mol. The van der Waals surface area contributed by atoms with Crippen LogP contribution >= 0.6 is 27.3 Å². The summed E-state index contributed by atoms with van der Waals surface area (Å²) in [5.74, 6) is -0.457. The first kappa shape index (κ1) is 28.3. The van der Waals surface area contributed by atoms with E-state index >= 15 is 0 Å². The van der Waals surface area contributed by atoms with E-state index in [-0.39, 0.29) is 17.9 Å². The molecule has 1 aliphatic heterocycles. The number of methoxy groups -OCH3 is 1. The van der Waals surface area contributed by atoms with Gasteiger partial charge in [-0.05, 0) is 61.4 Å². The molecule has 0 amide bonds.